The third kappa shape index (κ3) is 4.55. The van der Waals surface area contributed by atoms with Gasteiger partial charge in [-0.05, 0) is 30.2 Å². The van der Waals surface area contributed by atoms with E-state index in [4.69, 9.17) is 11.6 Å². The molecule has 4 rings (SSSR count). The van der Waals surface area contributed by atoms with Gasteiger partial charge in [-0.2, -0.15) is 0 Å². The lowest BCUT2D eigenvalue weighted by Crippen LogP contribution is -2.40. The number of hydrogen-bond acceptors (Lipinski definition) is 6. The normalized spacial score (nSPS) is 13.0. The van der Waals surface area contributed by atoms with Gasteiger partial charge in [-0.3, -0.25) is 9.59 Å². The van der Waals surface area contributed by atoms with Crippen molar-refractivity contribution in [3.63, 3.8) is 0 Å². The Hall–Kier alpha value is -2.97. The highest BCUT2D eigenvalue weighted by molar-refractivity contribution is 7.07. The number of rotatable bonds is 6. The maximum absolute atomic E-state index is 12.6. The number of carbonyl (C=O) groups excluding carboxylic acids is 2. The maximum Gasteiger partial charge on any atom is 0.252 e. The Morgan fingerprint density at radius 1 is 1.28 bits per heavy atom. The number of halogens is 1. The lowest BCUT2D eigenvalue weighted by molar-refractivity contribution is -0.117. The third-order valence-corrected chi connectivity index (χ3v) is 5.43. The van der Waals surface area contributed by atoms with Crippen molar-refractivity contribution in [3.8, 4) is 0 Å². The number of hydrogen-bond donors (Lipinski definition) is 2. The first-order valence-corrected chi connectivity index (χ1v) is 10.4. The molecule has 1 aromatic carbocycles. The Balaban J connectivity index is 1.45. The maximum atomic E-state index is 12.6. The number of anilines is 2. The zero-order valence-corrected chi connectivity index (χ0v) is 17.0. The van der Waals surface area contributed by atoms with Crippen LogP contribution < -0.4 is 15.5 Å². The Labute approximate surface area is 176 Å². The topological polar surface area (TPSA) is 87.2 Å². The number of carbonyl (C=O) groups is 2. The molecule has 0 unspecified atom stereocenters. The van der Waals surface area contributed by atoms with Crippen LogP contribution in [0.25, 0.3) is 0 Å². The molecule has 29 heavy (non-hydrogen) atoms. The van der Waals surface area contributed by atoms with Gasteiger partial charge in [-0.15, -0.1) is 11.3 Å². The van der Waals surface area contributed by atoms with E-state index >= 15 is 0 Å². The first-order valence-electron chi connectivity index (χ1n) is 9.04. The van der Waals surface area contributed by atoms with E-state index in [1.807, 2.05) is 29.6 Å². The highest BCUT2D eigenvalue weighted by atomic mass is 35.5. The number of nitrogens with one attached hydrogen (secondary N) is 2. The Morgan fingerprint density at radius 3 is 2.86 bits per heavy atom. The summed E-state index contributed by atoms with van der Waals surface area (Å²) in [7, 11) is 0. The van der Waals surface area contributed by atoms with Gasteiger partial charge >= 0.3 is 0 Å². The summed E-state index contributed by atoms with van der Waals surface area (Å²) in [6.07, 6.45) is 2.21. The summed E-state index contributed by atoms with van der Waals surface area (Å²) in [5.41, 5.74) is 4.60. The quantitative estimate of drug-likeness (QED) is 0.631. The fourth-order valence-corrected chi connectivity index (χ4v) is 3.71. The number of aromatic nitrogens is 2. The molecule has 0 radical (unpaired) electrons. The van der Waals surface area contributed by atoms with E-state index in [0.717, 1.165) is 11.3 Å². The Bertz CT molecular complexity index is 1020. The van der Waals surface area contributed by atoms with Crippen molar-refractivity contribution in [2.24, 2.45) is 0 Å². The van der Waals surface area contributed by atoms with Crippen molar-refractivity contribution in [1.29, 1.82) is 0 Å². The summed E-state index contributed by atoms with van der Waals surface area (Å²) >= 11 is 7.36. The minimum absolute atomic E-state index is 0.0902. The van der Waals surface area contributed by atoms with Crippen molar-refractivity contribution < 1.29 is 9.59 Å². The van der Waals surface area contributed by atoms with E-state index in [-0.39, 0.29) is 18.4 Å². The fourth-order valence-electron chi connectivity index (χ4n) is 3.03. The van der Waals surface area contributed by atoms with E-state index in [2.05, 4.69) is 20.6 Å². The minimum Gasteiger partial charge on any atom is -0.359 e. The van der Waals surface area contributed by atoms with Crippen LogP contribution >= 0.6 is 22.9 Å². The summed E-state index contributed by atoms with van der Waals surface area (Å²) in [6, 6.07) is 9.21. The summed E-state index contributed by atoms with van der Waals surface area (Å²) in [4.78, 5) is 35.2. The van der Waals surface area contributed by atoms with Crippen LogP contribution in [0.15, 0.2) is 47.4 Å². The second kappa shape index (κ2) is 8.59. The molecular formula is C20H18ClN5O2S. The van der Waals surface area contributed by atoms with Crippen LogP contribution in [-0.4, -0.2) is 34.9 Å². The molecule has 2 amide bonds. The number of thiazole rings is 1. The molecule has 1 aliphatic heterocycles. The molecule has 3 heterocycles. The van der Waals surface area contributed by atoms with Crippen LogP contribution in [0.1, 0.15) is 21.6 Å². The van der Waals surface area contributed by atoms with Gasteiger partial charge in [0.2, 0.25) is 5.91 Å². The smallest absolute Gasteiger partial charge is 0.252 e. The second-order valence-electron chi connectivity index (χ2n) is 6.54. The lowest BCUT2D eigenvalue weighted by atomic mass is 10.1. The van der Waals surface area contributed by atoms with Crippen LogP contribution in [0, 0.1) is 0 Å². The largest absolute Gasteiger partial charge is 0.359 e. The number of amides is 2. The summed E-state index contributed by atoms with van der Waals surface area (Å²) in [6.45, 7) is 0.994. The predicted octanol–water partition coefficient (Wildman–Crippen LogP) is 3.12. The number of nitrogens with zero attached hydrogens (tertiary/aromatic N) is 3. The molecule has 148 valence electrons. The molecule has 0 bridgehead atoms. The first-order chi connectivity index (χ1) is 14.1. The van der Waals surface area contributed by atoms with Gasteiger partial charge in [-0.1, -0.05) is 23.7 Å². The summed E-state index contributed by atoms with van der Waals surface area (Å²) < 4.78 is 0. The molecule has 0 saturated heterocycles. The van der Waals surface area contributed by atoms with Crippen molar-refractivity contribution >= 4 is 46.3 Å². The molecule has 3 aromatic rings. The predicted molar refractivity (Wildman–Crippen MR) is 114 cm³/mol. The Kier molecular flexibility index (Phi) is 5.73. The van der Waals surface area contributed by atoms with Crippen LogP contribution in [0.2, 0.25) is 5.02 Å². The van der Waals surface area contributed by atoms with Gasteiger partial charge in [0.1, 0.15) is 0 Å². The number of fused-ring (bicyclic) bond motifs is 1. The van der Waals surface area contributed by atoms with Crippen molar-refractivity contribution in [2.75, 3.05) is 23.3 Å². The van der Waals surface area contributed by atoms with Crippen LogP contribution in [-0.2, 0) is 17.8 Å². The molecular weight excluding hydrogens is 410 g/mol. The summed E-state index contributed by atoms with van der Waals surface area (Å²) in [5, 5.41) is 8.47. The third-order valence-electron chi connectivity index (χ3n) is 4.54. The van der Waals surface area contributed by atoms with Gasteiger partial charge in [0, 0.05) is 23.1 Å². The highest BCUT2D eigenvalue weighted by Crippen LogP contribution is 2.29. The van der Waals surface area contributed by atoms with Gasteiger partial charge in [-0.25, -0.2) is 9.97 Å². The number of benzene rings is 1. The average Bonchev–Trinajstić information content (AvgIpc) is 3.24. The molecule has 9 heteroatoms. The molecule has 0 spiro atoms. The van der Waals surface area contributed by atoms with E-state index in [0.29, 0.717) is 41.6 Å². The summed E-state index contributed by atoms with van der Waals surface area (Å²) in [5.74, 6) is 0.256. The monoisotopic (exact) mass is 427 g/mol. The van der Waals surface area contributed by atoms with Gasteiger partial charge < -0.3 is 15.5 Å². The zero-order valence-electron chi connectivity index (χ0n) is 15.4. The molecule has 2 N–H and O–H groups in total. The van der Waals surface area contributed by atoms with Crippen molar-refractivity contribution in [3.05, 3.63) is 69.3 Å². The minimum atomic E-state index is -0.235. The molecule has 0 fully saturated rings. The van der Waals surface area contributed by atoms with Crippen LogP contribution in [0.4, 0.5) is 11.5 Å². The Morgan fingerprint density at radius 2 is 2.10 bits per heavy atom. The zero-order chi connectivity index (χ0) is 20.2. The van der Waals surface area contributed by atoms with E-state index < -0.39 is 0 Å². The standard InChI is InChI=1S/C20H18ClN5O2S/c21-15-3-1-13(2-4-15)5-6-22-20(28)14-7-17-19(23-8-14)24-9-18(27)26(17)10-16-11-29-12-25-16/h1-4,7-8,11-12H,5-6,9-10H2,(H,22,28)(H,23,24). The van der Waals surface area contributed by atoms with E-state index in [1.54, 1.807) is 16.5 Å². The first kappa shape index (κ1) is 19.4. The highest BCUT2D eigenvalue weighted by Gasteiger charge is 2.26. The molecule has 7 nitrogen and oxygen atoms in total. The van der Waals surface area contributed by atoms with E-state index in [9.17, 15) is 9.59 Å². The van der Waals surface area contributed by atoms with Crippen molar-refractivity contribution in [1.82, 2.24) is 15.3 Å². The number of pyridine rings is 1. The molecule has 1 aliphatic rings. The van der Waals surface area contributed by atoms with Crippen LogP contribution in [0.3, 0.4) is 0 Å². The average molecular weight is 428 g/mol. The van der Waals surface area contributed by atoms with Gasteiger partial charge in [0.05, 0.1) is 35.5 Å². The molecule has 0 saturated carbocycles. The molecule has 0 atom stereocenters. The fraction of sp³-hybridized carbons (Fsp3) is 0.200. The molecule has 0 aliphatic carbocycles. The van der Waals surface area contributed by atoms with Gasteiger partial charge in [0.25, 0.3) is 5.91 Å². The lowest BCUT2D eigenvalue weighted by Gasteiger charge is -2.29. The van der Waals surface area contributed by atoms with E-state index in [1.165, 1.54) is 17.5 Å². The molecule has 2 aromatic heterocycles. The second-order valence-corrected chi connectivity index (χ2v) is 7.69. The SMILES string of the molecule is O=C(NCCc1ccc(Cl)cc1)c1cnc2c(c1)N(Cc1cscn1)C(=O)CN2. The van der Waals surface area contributed by atoms with Gasteiger partial charge in [0.15, 0.2) is 5.82 Å². The van der Waals surface area contributed by atoms with Crippen molar-refractivity contribution in [2.45, 2.75) is 13.0 Å². The van der Waals surface area contributed by atoms with Crippen LogP contribution in [0.5, 0.6) is 0 Å².